The lowest BCUT2D eigenvalue weighted by Gasteiger charge is -2.25. The fraction of sp³-hybridized carbons (Fsp3) is 0.577. The number of anilines is 2. The summed E-state index contributed by atoms with van der Waals surface area (Å²) in [5.41, 5.74) is 6.17. The van der Waals surface area contributed by atoms with Gasteiger partial charge in [0.2, 0.25) is 5.91 Å². The Balaban J connectivity index is 1.79. The zero-order valence-electron chi connectivity index (χ0n) is 20.6. The van der Waals surface area contributed by atoms with Gasteiger partial charge in [-0.05, 0) is 62.1 Å². The lowest BCUT2D eigenvalue weighted by atomic mass is 10.1. The minimum absolute atomic E-state index is 0.0406. The number of amides is 1. The Bertz CT molecular complexity index is 1080. The molecule has 1 aliphatic rings. The number of H-pyrrole nitrogens is 1. The summed E-state index contributed by atoms with van der Waals surface area (Å²) < 4.78 is 7.44. The van der Waals surface area contributed by atoms with Crippen LogP contribution >= 0.6 is 0 Å². The monoisotopic (exact) mass is 470 g/mol. The van der Waals surface area contributed by atoms with Crippen molar-refractivity contribution in [3.8, 4) is 5.75 Å². The molecule has 34 heavy (non-hydrogen) atoms. The molecule has 1 aromatic heterocycles. The molecular weight excluding hydrogens is 432 g/mol. The molecule has 8 heteroatoms. The third-order valence-corrected chi connectivity index (χ3v) is 6.20. The van der Waals surface area contributed by atoms with Crippen molar-refractivity contribution in [2.24, 2.45) is 5.92 Å². The van der Waals surface area contributed by atoms with Crippen LogP contribution in [0, 0.1) is 5.92 Å². The van der Waals surface area contributed by atoms with E-state index in [0.717, 1.165) is 37.0 Å². The molecular formula is C26H38N4O4. The number of hydrogen-bond acceptors (Lipinski definition) is 5. The van der Waals surface area contributed by atoms with E-state index in [1.165, 1.54) is 22.3 Å². The number of aryl methyl sites for hydroxylation is 1. The summed E-state index contributed by atoms with van der Waals surface area (Å²) in [4.78, 5) is 42.2. The molecule has 0 unspecified atom stereocenters. The predicted octanol–water partition coefficient (Wildman–Crippen LogP) is 3.86. The third-order valence-electron chi connectivity index (χ3n) is 6.20. The molecule has 186 valence electrons. The molecule has 1 amide bonds. The van der Waals surface area contributed by atoms with Gasteiger partial charge in [-0.25, -0.2) is 4.79 Å². The third kappa shape index (κ3) is 6.52. The van der Waals surface area contributed by atoms with Crippen LogP contribution in [0.3, 0.4) is 0 Å². The standard InChI is InChI=1S/C26H38N4O4/c1-4-5-15-29(23-24(27)30(17-18(2)3)26(33)28-25(23)32)22(31)14-13-19-9-8-12-21(16-19)34-20-10-6-7-11-20/h8-9,12,16,18,20H,4-7,10-11,13-15,17,27H2,1-3H3,(H,28,32,33). The second kappa shape index (κ2) is 11.9. The van der Waals surface area contributed by atoms with Crippen molar-refractivity contribution in [3.63, 3.8) is 0 Å². The molecule has 0 saturated heterocycles. The number of aromatic nitrogens is 2. The van der Waals surface area contributed by atoms with Gasteiger partial charge in [-0.15, -0.1) is 0 Å². The van der Waals surface area contributed by atoms with E-state index >= 15 is 0 Å². The summed E-state index contributed by atoms with van der Waals surface area (Å²) in [5.74, 6) is 0.833. The van der Waals surface area contributed by atoms with E-state index < -0.39 is 11.2 Å². The number of ether oxygens (including phenoxy) is 1. The molecule has 8 nitrogen and oxygen atoms in total. The highest BCUT2D eigenvalue weighted by Crippen LogP contribution is 2.25. The normalized spacial score (nSPS) is 14.0. The Morgan fingerprint density at radius 1 is 1.26 bits per heavy atom. The summed E-state index contributed by atoms with van der Waals surface area (Å²) in [6, 6.07) is 7.87. The minimum Gasteiger partial charge on any atom is -0.490 e. The van der Waals surface area contributed by atoms with Crippen LogP contribution in [0.2, 0.25) is 0 Å². The number of carbonyl (C=O) groups is 1. The Hall–Kier alpha value is -3.03. The first-order chi connectivity index (χ1) is 16.3. The van der Waals surface area contributed by atoms with E-state index in [9.17, 15) is 14.4 Å². The van der Waals surface area contributed by atoms with Crippen LogP contribution in [-0.4, -0.2) is 28.1 Å². The number of aromatic amines is 1. The quantitative estimate of drug-likeness (QED) is 0.518. The molecule has 0 spiro atoms. The lowest BCUT2D eigenvalue weighted by Crippen LogP contribution is -2.42. The van der Waals surface area contributed by atoms with E-state index in [-0.39, 0.29) is 35.9 Å². The number of benzene rings is 1. The summed E-state index contributed by atoms with van der Waals surface area (Å²) in [7, 11) is 0. The largest absolute Gasteiger partial charge is 0.490 e. The first kappa shape index (κ1) is 25.6. The van der Waals surface area contributed by atoms with Crippen LogP contribution in [0.5, 0.6) is 5.75 Å². The van der Waals surface area contributed by atoms with Gasteiger partial charge in [0, 0.05) is 19.5 Å². The molecule has 0 atom stereocenters. The Morgan fingerprint density at radius 2 is 2.00 bits per heavy atom. The number of rotatable bonds is 11. The fourth-order valence-electron chi connectivity index (χ4n) is 4.42. The summed E-state index contributed by atoms with van der Waals surface area (Å²) in [5, 5.41) is 0. The number of nitrogens with zero attached hydrogens (tertiary/aromatic N) is 2. The molecule has 1 fully saturated rings. The van der Waals surface area contributed by atoms with E-state index in [1.54, 1.807) is 0 Å². The predicted molar refractivity (Wildman–Crippen MR) is 135 cm³/mol. The van der Waals surface area contributed by atoms with Crippen molar-refractivity contribution in [3.05, 3.63) is 50.7 Å². The van der Waals surface area contributed by atoms with Crippen molar-refractivity contribution in [1.82, 2.24) is 9.55 Å². The van der Waals surface area contributed by atoms with Gasteiger partial charge >= 0.3 is 5.69 Å². The van der Waals surface area contributed by atoms with Gasteiger partial charge in [0.05, 0.1) is 6.10 Å². The maximum Gasteiger partial charge on any atom is 0.330 e. The fourth-order valence-corrected chi connectivity index (χ4v) is 4.42. The molecule has 3 N–H and O–H groups in total. The maximum absolute atomic E-state index is 13.3. The molecule has 1 heterocycles. The van der Waals surface area contributed by atoms with E-state index in [2.05, 4.69) is 4.98 Å². The van der Waals surface area contributed by atoms with Gasteiger partial charge in [-0.2, -0.15) is 0 Å². The van der Waals surface area contributed by atoms with Crippen LogP contribution in [0.15, 0.2) is 33.9 Å². The minimum atomic E-state index is -0.626. The second-order valence-electron chi connectivity index (χ2n) is 9.57. The molecule has 1 aliphatic carbocycles. The average molecular weight is 471 g/mol. The second-order valence-corrected chi connectivity index (χ2v) is 9.57. The number of nitrogens with one attached hydrogen (secondary N) is 1. The van der Waals surface area contributed by atoms with Gasteiger partial charge in [-0.3, -0.25) is 19.1 Å². The summed E-state index contributed by atoms with van der Waals surface area (Å²) in [6.07, 6.45) is 7.18. The molecule has 1 aromatic carbocycles. The van der Waals surface area contributed by atoms with Crippen LogP contribution in [0.1, 0.15) is 71.3 Å². The van der Waals surface area contributed by atoms with Gasteiger partial charge < -0.3 is 15.4 Å². The van der Waals surface area contributed by atoms with Crippen LogP contribution < -0.4 is 26.6 Å². The Kier molecular flexibility index (Phi) is 8.96. The van der Waals surface area contributed by atoms with Crippen molar-refractivity contribution < 1.29 is 9.53 Å². The first-order valence-corrected chi connectivity index (χ1v) is 12.5. The Labute approximate surface area is 201 Å². The van der Waals surface area contributed by atoms with Crippen molar-refractivity contribution in [2.75, 3.05) is 17.2 Å². The van der Waals surface area contributed by atoms with E-state index in [4.69, 9.17) is 10.5 Å². The van der Waals surface area contributed by atoms with Gasteiger partial charge in [0.25, 0.3) is 5.56 Å². The Morgan fingerprint density at radius 3 is 2.68 bits per heavy atom. The number of unbranched alkanes of at least 4 members (excludes halogenated alkanes) is 1. The van der Waals surface area contributed by atoms with E-state index in [1.807, 2.05) is 45.0 Å². The SMILES string of the molecule is CCCCN(C(=O)CCc1cccc(OC2CCCC2)c1)c1c(N)n(CC(C)C)c(=O)[nH]c1=O. The highest BCUT2D eigenvalue weighted by molar-refractivity contribution is 5.95. The zero-order chi connectivity index (χ0) is 24.7. The highest BCUT2D eigenvalue weighted by Gasteiger charge is 2.24. The maximum atomic E-state index is 13.3. The highest BCUT2D eigenvalue weighted by atomic mass is 16.5. The van der Waals surface area contributed by atoms with Crippen LogP contribution in [0.4, 0.5) is 11.5 Å². The van der Waals surface area contributed by atoms with E-state index in [0.29, 0.717) is 19.5 Å². The van der Waals surface area contributed by atoms with Crippen LogP contribution in [0.25, 0.3) is 0 Å². The summed E-state index contributed by atoms with van der Waals surface area (Å²) in [6.45, 7) is 6.67. The zero-order valence-corrected chi connectivity index (χ0v) is 20.6. The smallest absolute Gasteiger partial charge is 0.330 e. The van der Waals surface area contributed by atoms with Crippen molar-refractivity contribution in [1.29, 1.82) is 0 Å². The number of nitrogen functional groups attached to an aromatic ring is 1. The molecule has 1 saturated carbocycles. The number of nitrogens with two attached hydrogens (primary N) is 1. The topological polar surface area (TPSA) is 110 Å². The van der Waals surface area contributed by atoms with Gasteiger partial charge in [-0.1, -0.05) is 39.3 Å². The van der Waals surface area contributed by atoms with Crippen molar-refractivity contribution in [2.45, 2.75) is 84.8 Å². The summed E-state index contributed by atoms with van der Waals surface area (Å²) >= 11 is 0. The molecule has 0 bridgehead atoms. The molecule has 2 aromatic rings. The van der Waals surface area contributed by atoms with Crippen LogP contribution in [-0.2, 0) is 17.8 Å². The van der Waals surface area contributed by atoms with Gasteiger partial charge in [0.15, 0.2) is 5.69 Å². The first-order valence-electron chi connectivity index (χ1n) is 12.5. The number of hydrogen-bond donors (Lipinski definition) is 2. The molecule has 0 radical (unpaired) electrons. The molecule has 0 aliphatic heterocycles. The van der Waals surface area contributed by atoms with Crippen molar-refractivity contribution >= 4 is 17.4 Å². The van der Waals surface area contributed by atoms with Gasteiger partial charge in [0.1, 0.15) is 11.6 Å². The molecule has 3 rings (SSSR count). The number of carbonyl (C=O) groups excluding carboxylic acids is 1. The lowest BCUT2D eigenvalue weighted by molar-refractivity contribution is -0.118. The average Bonchev–Trinajstić information content (AvgIpc) is 3.30.